The predicted octanol–water partition coefficient (Wildman–Crippen LogP) is 0.245. The third-order valence-corrected chi connectivity index (χ3v) is 2.29. The first kappa shape index (κ1) is 9.05. The number of hydrogen-bond acceptors (Lipinski definition) is 2. The van der Waals surface area contributed by atoms with Crippen molar-refractivity contribution in [3.8, 4) is 0 Å². The molecule has 0 aromatic heterocycles. The van der Waals surface area contributed by atoms with E-state index in [1.807, 2.05) is 22.9 Å². The molecule has 1 rings (SSSR count). The van der Waals surface area contributed by atoms with Gasteiger partial charge in [0.25, 0.3) is 0 Å². The predicted molar refractivity (Wildman–Crippen MR) is 51.5 cm³/mol. The second-order valence-electron chi connectivity index (χ2n) is 2.66. The Hall–Kier alpha value is -0.0400. The number of hydrogen-bond donors (Lipinski definition) is 3. The van der Waals surface area contributed by atoms with E-state index in [4.69, 9.17) is 0 Å². The Morgan fingerprint density at radius 2 is 2.55 bits per heavy atom. The Balaban J connectivity index is 2.06. The van der Waals surface area contributed by atoms with E-state index in [-0.39, 0.29) is 6.03 Å². The van der Waals surface area contributed by atoms with Crippen molar-refractivity contribution in [2.45, 2.75) is 6.42 Å². The fraction of sp³-hybridized carbons (Fsp3) is 0.833. The molecule has 0 spiro atoms. The number of amides is 2. The minimum atomic E-state index is -0.0995. The van der Waals surface area contributed by atoms with Crippen LogP contribution in [0.25, 0.3) is 0 Å². The van der Waals surface area contributed by atoms with Gasteiger partial charge in [0.05, 0.1) is 22.9 Å². The number of carbonyl (C=O) groups is 1. The van der Waals surface area contributed by atoms with Gasteiger partial charge in [-0.25, -0.2) is 4.79 Å². The maximum Gasteiger partial charge on any atom is 0.323 e. The molecule has 0 radical (unpaired) electrons. The number of urea groups is 1. The number of halogens is 1. The first-order chi connectivity index (χ1) is 5.33. The van der Waals surface area contributed by atoms with Gasteiger partial charge in [0.1, 0.15) is 0 Å². The Bertz CT molecular complexity index is 136. The SMILES string of the molecule is O=C(NI)NC[C@H]1CCNC1. The standard InChI is InChI=1S/C6H12IN3O/c7-10-6(11)9-4-5-1-2-8-3-5/h5,8H,1-4H2,(H2,9,10,11)/t5-/m0/s1. The van der Waals surface area contributed by atoms with Crippen LogP contribution in [0.3, 0.4) is 0 Å². The molecule has 1 saturated heterocycles. The van der Waals surface area contributed by atoms with Gasteiger partial charge in [-0.1, -0.05) is 0 Å². The van der Waals surface area contributed by atoms with Crippen LogP contribution in [0.5, 0.6) is 0 Å². The van der Waals surface area contributed by atoms with Crippen molar-refractivity contribution in [2.24, 2.45) is 5.92 Å². The summed E-state index contributed by atoms with van der Waals surface area (Å²) in [6.07, 6.45) is 1.17. The molecule has 0 aromatic rings. The van der Waals surface area contributed by atoms with Crippen molar-refractivity contribution < 1.29 is 4.79 Å². The number of carbonyl (C=O) groups excluding carboxylic acids is 1. The highest BCUT2D eigenvalue weighted by Gasteiger charge is 2.14. The molecule has 1 aliphatic heterocycles. The van der Waals surface area contributed by atoms with Crippen molar-refractivity contribution in [3.05, 3.63) is 0 Å². The average molecular weight is 269 g/mol. The van der Waals surface area contributed by atoms with Crippen LogP contribution >= 0.6 is 22.9 Å². The van der Waals surface area contributed by atoms with Gasteiger partial charge in [0, 0.05) is 6.54 Å². The molecule has 11 heavy (non-hydrogen) atoms. The fourth-order valence-corrected chi connectivity index (χ4v) is 1.35. The lowest BCUT2D eigenvalue weighted by atomic mass is 10.1. The van der Waals surface area contributed by atoms with Crippen molar-refractivity contribution in [1.82, 2.24) is 14.2 Å². The lowest BCUT2D eigenvalue weighted by molar-refractivity contribution is 0.245. The quantitative estimate of drug-likeness (QED) is 0.497. The van der Waals surface area contributed by atoms with Crippen LogP contribution in [0, 0.1) is 5.92 Å². The van der Waals surface area contributed by atoms with Crippen LogP contribution in [-0.2, 0) is 0 Å². The summed E-state index contributed by atoms with van der Waals surface area (Å²) in [5.41, 5.74) is 0. The largest absolute Gasteiger partial charge is 0.337 e. The molecule has 1 fully saturated rings. The molecule has 3 N–H and O–H groups in total. The Morgan fingerprint density at radius 1 is 1.73 bits per heavy atom. The topological polar surface area (TPSA) is 53.2 Å². The van der Waals surface area contributed by atoms with Crippen molar-refractivity contribution >= 4 is 28.9 Å². The average Bonchev–Trinajstić information content (AvgIpc) is 2.52. The van der Waals surface area contributed by atoms with E-state index < -0.39 is 0 Å². The molecule has 2 amide bonds. The summed E-state index contributed by atoms with van der Waals surface area (Å²) in [4.78, 5) is 10.7. The highest BCUT2D eigenvalue weighted by atomic mass is 127. The number of rotatable bonds is 2. The lowest BCUT2D eigenvalue weighted by Gasteiger charge is -2.08. The minimum Gasteiger partial charge on any atom is -0.337 e. The summed E-state index contributed by atoms with van der Waals surface area (Å²) in [6, 6.07) is -0.0995. The van der Waals surface area contributed by atoms with Gasteiger partial charge in [-0.05, 0) is 25.4 Å². The van der Waals surface area contributed by atoms with Gasteiger partial charge >= 0.3 is 6.03 Å². The normalized spacial score (nSPS) is 23.2. The summed E-state index contributed by atoms with van der Waals surface area (Å²) in [5.74, 6) is 0.615. The first-order valence-corrected chi connectivity index (χ1v) is 4.76. The summed E-state index contributed by atoms with van der Waals surface area (Å²) in [7, 11) is 0. The van der Waals surface area contributed by atoms with Gasteiger partial charge in [-0.15, -0.1) is 0 Å². The van der Waals surface area contributed by atoms with Crippen LogP contribution in [0.15, 0.2) is 0 Å². The number of nitrogens with one attached hydrogen (secondary N) is 3. The van der Waals surface area contributed by atoms with Crippen LogP contribution in [0.1, 0.15) is 6.42 Å². The van der Waals surface area contributed by atoms with E-state index in [9.17, 15) is 4.79 Å². The molecule has 1 aliphatic rings. The highest BCUT2D eigenvalue weighted by Crippen LogP contribution is 2.04. The highest BCUT2D eigenvalue weighted by molar-refractivity contribution is 14.1. The molecule has 64 valence electrons. The molecule has 0 unspecified atom stereocenters. The van der Waals surface area contributed by atoms with E-state index in [0.29, 0.717) is 5.92 Å². The zero-order valence-corrected chi connectivity index (χ0v) is 8.35. The van der Waals surface area contributed by atoms with Crippen LogP contribution in [0.2, 0.25) is 0 Å². The van der Waals surface area contributed by atoms with Crippen LogP contribution in [-0.4, -0.2) is 25.7 Å². The van der Waals surface area contributed by atoms with Gasteiger partial charge in [0.2, 0.25) is 0 Å². The Labute approximate surface area is 80.0 Å². The minimum absolute atomic E-state index is 0.0995. The summed E-state index contributed by atoms with van der Waals surface area (Å²) in [6.45, 7) is 2.89. The van der Waals surface area contributed by atoms with E-state index in [2.05, 4.69) is 14.2 Å². The smallest absolute Gasteiger partial charge is 0.323 e. The Morgan fingerprint density at radius 3 is 3.09 bits per heavy atom. The van der Waals surface area contributed by atoms with E-state index in [0.717, 1.165) is 19.6 Å². The molecule has 0 bridgehead atoms. The lowest BCUT2D eigenvalue weighted by Crippen LogP contribution is -2.34. The zero-order chi connectivity index (χ0) is 8.10. The molecule has 1 heterocycles. The molecule has 5 heteroatoms. The molecule has 0 aliphatic carbocycles. The van der Waals surface area contributed by atoms with Crippen LogP contribution in [0.4, 0.5) is 4.79 Å². The monoisotopic (exact) mass is 269 g/mol. The van der Waals surface area contributed by atoms with Crippen LogP contribution < -0.4 is 14.2 Å². The summed E-state index contributed by atoms with van der Waals surface area (Å²) in [5, 5.41) is 6.02. The Kier molecular flexibility index (Phi) is 3.92. The fourth-order valence-electron chi connectivity index (χ4n) is 1.16. The zero-order valence-electron chi connectivity index (χ0n) is 6.19. The molecular formula is C6H12IN3O. The maximum atomic E-state index is 10.7. The summed E-state index contributed by atoms with van der Waals surface area (Å²) < 4.78 is 2.49. The molecule has 1 atom stereocenters. The molecule has 0 saturated carbocycles. The second-order valence-corrected chi connectivity index (χ2v) is 3.20. The summed E-state index contributed by atoms with van der Waals surface area (Å²) >= 11 is 1.82. The van der Waals surface area contributed by atoms with Gasteiger partial charge < -0.3 is 10.6 Å². The molecular weight excluding hydrogens is 257 g/mol. The van der Waals surface area contributed by atoms with E-state index >= 15 is 0 Å². The van der Waals surface area contributed by atoms with E-state index in [1.54, 1.807) is 0 Å². The molecule has 0 aromatic carbocycles. The first-order valence-electron chi connectivity index (χ1n) is 3.68. The second kappa shape index (κ2) is 4.76. The van der Waals surface area contributed by atoms with Gasteiger partial charge in [0.15, 0.2) is 0 Å². The third-order valence-electron chi connectivity index (χ3n) is 1.80. The van der Waals surface area contributed by atoms with Crippen molar-refractivity contribution in [2.75, 3.05) is 19.6 Å². The van der Waals surface area contributed by atoms with Crippen molar-refractivity contribution in [3.63, 3.8) is 0 Å². The maximum absolute atomic E-state index is 10.7. The third kappa shape index (κ3) is 3.24. The van der Waals surface area contributed by atoms with Gasteiger partial charge in [-0.2, -0.15) is 0 Å². The van der Waals surface area contributed by atoms with Crippen molar-refractivity contribution in [1.29, 1.82) is 0 Å². The molecule has 4 nitrogen and oxygen atoms in total. The van der Waals surface area contributed by atoms with Gasteiger partial charge in [-0.3, -0.25) is 3.53 Å². The van der Waals surface area contributed by atoms with E-state index in [1.165, 1.54) is 6.42 Å².